The van der Waals surface area contributed by atoms with E-state index in [1.165, 1.54) is 5.69 Å². The molecule has 1 aromatic rings. The van der Waals surface area contributed by atoms with Gasteiger partial charge in [0.1, 0.15) is 0 Å². The van der Waals surface area contributed by atoms with E-state index in [4.69, 9.17) is 5.73 Å². The quantitative estimate of drug-likeness (QED) is 0.863. The summed E-state index contributed by atoms with van der Waals surface area (Å²) < 4.78 is 1.10. The lowest BCUT2D eigenvalue weighted by Crippen LogP contribution is -2.34. The SMILES string of the molecule is CC(N)CC(=O)NCC1CCN(c2ccc(Br)cc2)C1. The Morgan fingerprint density at radius 1 is 1.50 bits per heavy atom. The molecule has 110 valence electrons. The van der Waals surface area contributed by atoms with Crippen LogP contribution in [0.2, 0.25) is 0 Å². The second-order valence-electron chi connectivity index (χ2n) is 5.56. The summed E-state index contributed by atoms with van der Waals surface area (Å²) in [6.45, 7) is 4.65. The summed E-state index contributed by atoms with van der Waals surface area (Å²) in [7, 11) is 0. The van der Waals surface area contributed by atoms with Crippen LogP contribution in [0.3, 0.4) is 0 Å². The third-order valence-corrected chi connectivity index (χ3v) is 4.10. The van der Waals surface area contributed by atoms with E-state index >= 15 is 0 Å². The molecule has 1 aromatic carbocycles. The van der Waals surface area contributed by atoms with E-state index in [0.29, 0.717) is 12.3 Å². The smallest absolute Gasteiger partial charge is 0.221 e. The predicted octanol–water partition coefficient (Wildman–Crippen LogP) is 2.13. The Morgan fingerprint density at radius 2 is 2.20 bits per heavy atom. The molecule has 2 unspecified atom stereocenters. The lowest BCUT2D eigenvalue weighted by Gasteiger charge is -2.19. The number of amides is 1. The molecule has 4 nitrogen and oxygen atoms in total. The second-order valence-corrected chi connectivity index (χ2v) is 6.48. The molecule has 1 heterocycles. The molecule has 0 aromatic heterocycles. The topological polar surface area (TPSA) is 58.4 Å². The molecule has 1 saturated heterocycles. The number of nitrogens with zero attached hydrogens (tertiary/aromatic N) is 1. The van der Waals surface area contributed by atoms with Crippen LogP contribution >= 0.6 is 15.9 Å². The molecule has 20 heavy (non-hydrogen) atoms. The van der Waals surface area contributed by atoms with Gasteiger partial charge in [0.05, 0.1) is 0 Å². The van der Waals surface area contributed by atoms with Gasteiger partial charge in [0.15, 0.2) is 0 Å². The van der Waals surface area contributed by atoms with Crippen LogP contribution in [-0.2, 0) is 4.79 Å². The van der Waals surface area contributed by atoms with Gasteiger partial charge in [-0.1, -0.05) is 15.9 Å². The van der Waals surface area contributed by atoms with Crippen LogP contribution in [0.25, 0.3) is 0 Å². The van der Waals surface area contributed by atoms with Crippen LogP contribution in [0.1, 0.15) is 19.8 Å². The van der Waals surface area contributed by atoms with Crippen LogP contribution in [0.15, 0.2) is 28.7 Å². The number of nitrogens with two attached hydrogens (primary N) is 1. The van der Waals surface area contributed by atoms with Crippen LogP contribution in [0.5, 0.6) is 0 Å². The Kier molecular flexibility index (Phi) is 5.43. The lowest BCUT2D eigenvalue weighted by atomic mass is 10.1. The number of rotatable bonds is 5. The van der Waals surface area contributed by atoms with Crippen molar-refractivity contribution in [3.8, 4) is 0 Å². The summed E-state index contributed by atoms with van der Waals surface area (Å²) >= 11 is 3.45. The van der Waals surface area contributed by atoms with Gasteiger partial charge in [0.2, 0.25) is 5.91 Å². The number of benzene rings is 1. The number of halogens is 1. The minimum absolute atomic E-state index is 0.0575. The fourth-order valence-electron chi connectivity index (χ4n) is 2.51. The standard InChI is InChI=1S/C15H22BrN3O/c1-11(17)8-15(20)18-9-12-6-7-19(10-12)14-4-2-13(16)3-5-14/h2-5,11-12H,6-10,17H2,1H3,(H,18,20). The molecule has 1 amide bonds. The highest BCUT2D eigenvalue weighted by molar-refractivity contribution is 9.10. The third kappa shape index (κ3) is 4.49. The van der Waals surface area contributed by atoms with Crippen molar-refractivity contribution in [3.63, 3.8) is 0 Å². The summed E-state index contributed by atoms with van der Waals surface area (Å²) in [5.74, 6) is 0.581. The highest BCUT2D eigenvalue weighted by Gasteiger charge is 2.23. The average molecular weight is 340 g/mol. The largest absolute Gasteiger partial charge is 0.371 e. The Balaban J connectivity index is 1.78. The molecular formula is C15H22BrN3O. The first kappa shape index (κ1) is 15.3. The first-order chi connectivity index (χ1) is 9.54. The first-order valence-electron chi connectivity index (χ1n) is 7.07. The molecular weight excluding hydrogens is 318 g/mol. The molecule has 5 heteroatoms. The van der Waals surface area contributed by atoms with Gasteiger partial charge in [-0.05, 0) is 43.5 Å². The predicted molar refractivity (Wildman–Crippen MR) is 85.7 cm³/mol. The van der Waals surface area contributed by atoms with E-state index in [9.17, 15) is 4.79 Å². The van der Waals surface area contributed by atoms with E-state index in [1.807, 2.05) is 6.92 Å². The summed E-state index contributed by atoms with van der Waals surface area (Å²) in [4.78, 5) is 14.0. The number of hydrogen-bond acceptors (Lipinski definition) is 3. The zero-order valence-corrected chi connectivity index (χ0v) is 13.4. The minimum atomic E-state index is -0.0714. The molecule has 1 aliphatic heterocycles. The van der Waals surface area contributed by atoms with Gasteiger partial charge in [0, 0.05) is 42.3 Å². The van der Waals surface area contributed by atoms with Gasteiger partial charge in [0.25, 0.3) is 0 Å². The molecule has 2 rings (SSSR count). The van der Waals surface area contributed by atoms with Crippen molar-refractivity contribution < 1.29 is 4.79 Å². The normalized spacial score (nSPS) is 19.9. The third-order valence-electron chi connectivity index (χ3n) is 3.57. The number of nitrogens with one attached hydrogen (secondary N) is 1. The van der Waals surface area contributed by atoms with Crippen LogP contribution in [0.4, 0.5) is 5.69 Å². The maximum atomic E-state index is 11.6. The zero-order valence-electron chi connectivity index (χ0n) is 11.8. The number of carbonyl (C=O) groups excluding carboxylic acids is 1. The summed E-state index contributed by atoms with van der Waals surface area (Å²) in [5.41, 5.74) is 6.86. The molecule has 3 N–H and O–H groups in total. The molecule has 0 saturated carbocycles. The van der Waals surface area contributed by atoms with Crippen LogP contribution in [0, 0.1) is 5.92 Å². The van der Waals surface area contributed by atoms with E-state index in [2.05, 4.69) is 50.4 Å². The second kappa shape index (κ2) is 7.09. The Labute approximate surface area is 128 Å². The lowest BCUT2D eigenvalue weighted by molar-refractivity contribution is -0.121. The van der Waals surface area contributed by atoms with E-state index in [-0.39, 0.29) is 11.9 Å². The van der Waals surface area contributed by atoms with E-state index in [0.717, 1.165) is 30.5 Å². The zero-order chi connectivity index (χ0) is 14.5. The fraction of sp³-hybridized carbons (Fsp3) is 0.533. The highest BCUT2D eigenvalue weighted by Crippen LogP contribution is 2.24. The number of anilines is 1. The Morgan fingerprint density at radius 3 is 2.85 bits per heavy atom. The van der Waals surface area contributed by atoms with Crippen LogP contribution < -0.4 is 16.0 Å². The van der Waals surface area contributed by atoms with Gasteiger partial charge in [-0.25, -0.2) is 0 Å². The van der Waals surface area contributed by atoms with Crippen molar-refractivity contribution in [2.75, 3.05) is 24.5 Å². The van der Waals surface area contributed by atoms with Gasteiger partial charge in [-0.2, -0.15) is 0 Å². The molecule has 0 spiro atoms. The van der Waals surface area contributed by atoms with E-state index in [1.54, 1.807) is 0 Å². The number of carbonyl (C=O) groups is 1. The van der Waals surface area contributed by atoms with E-state index < -0.39 is 0 Å². The summed E-state index contributed by atoms with van der Waals surface area (Å²) in [6.07, 6.45) is 1.53. The molecule has 2 atom stereocenters. The van der Waals surface area contributed by atoms with Crippen molar-refractivity contribution in [1.29, 1.82) is 0 Å². The summed E-state index contributed by atoms with van der Waals surface area (Å²) in [5, 5.41) is 2.98. The maximum Gasteiger partial charge on any atom is 0.221 e. The minimum Gasteiger partial charge on any atom is -0.371 e. The van der Waals surface area contributed by atoms with Crippen molar-refractivity contribution in [3.05, 3.63) is 28.7 Å². The van der Waals surface area contributed by atoms with Gasteiger partial charge >= 0.3 is 0 Å². The maximum absolute atomic E-state index is 11.6. The first-order valence-corrected chi connectivity index (χ1v) is 7.86. The molecule has 1 aliphatic rings. The van der Waals surface area contributed by atoms with Crippen molar-refractivity contribution in [2.45, 2.75) is 25.8 Å². The number of hydrogen-bond donors (Lipinski definition) is 2. The monoisotopic (exact) mass is 339 g/mol. The molecule has 0 radical (unpaired) electrons. The molecule has 0 aliphatic carbocycles. The molecule has 1 fully saturated rings. The van der Waals surface area contributed by atoms with Gasteiger partial charge in [-0.15, -0.1) is 0 Å². The van der Waals surface area contributed by atoms with Gasteiger partial charge < -0.3 is 16.0 Å². The average Bonchev–Trinajstić information content (AvgIpc) is 2.85. The highest BCUT2D eigenvalue weighted by atomic mass is 79.9. The van der Waals surface area contributed by atoms with Crippen molar-refractivity contribution in [2.24, 2.45) is 11.7 Å². The summed E-state index contributed by atoms with van der Waals surface area (Å²) in [6, 6.07) is 8.31. The Hall–Kier alpha value is -1.07. The van der Waals surface area contributed by atoms with Crippen molar-refractivity contribution >= 4 is 27.5 Å². The van der Waals surface area contributed by atoms with Crippen LogP contribution in [-0.4, -0.2) is 31.6 Å². The van der Waals surface area contributed by atoms with Crippen molar-refractivity contribution in [1.82, 2.24) is 5.32 Å². The fourth-order valence-corrected chi connectivity index (χ4v) is 2.77. The van der Waals surface area contributed by atoms with Gasteiger partial charge in [-0.3, -0.25) is 4.79 Å². The Bertz CT molecular complexity index is 447. The molecule has 0 bridgehead atoms.